The average molecular weight is 471 g/mol. The number of hydrogen-bond acceptors (Lipinski definition) is 4. The van der Waals surface area contributed by atoms with E-state index in [0.717, 1.165) is 58.6 Å². The van der Waals surface area contributed by atoms with E-state index in [4.69, 9.17) is 4.98 Å². The second-order valence-corrected chi connectivity index (χ2v) is 11.3. The number of benzene rings is 2. The quantitative estimate of drug-likeness (QED) is 0.365. The number of hydrogen-bond donors (Lipinski definition) is 0. The SMILES string of the molecule is O=S(c1cccc(-c2cnn3cc(-c4ccc(CCN5CCCCC5)cc4)cnc23)c1)C1CC1. The van der Waals surface area contributed by atoms with Crippen LogP contribution in [0.1, 0.15) is 37.7 Å². The Kier molecular flexibility index (Phi) is 6.02. The van der Waals surface area contributed by atoms with Crippen LogP contribution in [0.15, 0.2) is 72.0 Å². The van der Waals surface area contributed by atoms with Gasteiger partial charge in [0.2, 0.25) is 0 Å². The van der Waals surface area contributed by atoms with Crippen LogP contribution in [0, 0.1) is 0 Å². The van der Waals surface area contributed by atoms with Gasteiger partial charge in [0.05, 0.1) is 17.0 Å². The second-order valence-electron chi connectivity index (χ2n) is 9.54. The van der Waals surface area contributed by atoms with Crippen LogP contribution in [-0.4, -0.2) is 48.6 Å². The van der Waals surface area contributed by atoms with Crippen LogP contribution in [-0.2, 0) is 17.2 Å². The normalized spacial score (nSPS) is 17.8. The number of aromatic nitrogens is 3. The zero-order valence-electron chi connectivity index (χ0n) is 19.4. The molecule has 1 aliphatic carbocycles. The number of rotatable bonds is 7. The molecule has 0 N–H and O–H groups in total. The molecule has 5 nitrogen and oxygen atoms in total. The molecule has 1 aliphatic heterocycles. The predicted octanol–water partition coefficient (Wildman–Crippen LogP) is 5.36. The molecular weight excluding hydrogens is 440 g/mol. The molecule has 2 aliphatic rings. The highest BCUT2D eigenvalue weighted by Gasteiger charge is 2.29. The van der Waals surface area contributed by atoms with E-state index in [-0.39, 0.29) is 0 Å². The fourth-order valence-corrected chi connectivity index (χ4v) is 6.23. The summed E-state index contributed by atoms with van der Waals surface area (Å²) >= 11 is 0. The first-order chi connectivity index (χ1) is 16.7. The molecule has 2 aromatic carbocycles. The third kappa shape index (κ3) is 4.57. The van der Waals surface area contributed by atoms with E-state index in [1.54, 1.807) is 0 Å². The van der Waals surface area contributed by atoms with Gasteiger partial charge in [-0.1, -0.05) is 42.8 Å². The van der Waals surface area contributed by atoms with Gasteiger partial charge in [-0.15, -0.1) is 0 Å². The molecule has 34 heavy (non-hydrogen) atoms. The highest BCUT2D eigenvalue weighted by atomic mass is 32.2. The van der Waals surface area contributed by atoms with Crippen molar-refractivity contribution in [2.75, 3.05) is 19.6 Å². The van der Waals surface area contributed by atoms with Crippen molar-refractivity contribution in [3.8, 4) is 22.3 Å². The number of piperidine rings is 1. The van der Waals surface area contributed by atoms with Gasteiger partial charge in [0.15, 0.2) is 5.65 Å². The maximum absolute atomic E-state index is 12.6. The third-order valence-corrected chi connectivity index (χ3v) is 8.81. The van der Waals surface area contributed by atoms with Crippen molar-refractivity contribution < 1.29 is 4.21 Å². The van der Waals surface area contributed by atoms with Crippen molar-refractivity contribution in [1.29, 1.82) is 0 Å². The van der Waals surface area contributed by atoms with Gasteiger partial charge >= 0.3 is 0 Å². The molecule has 2 fully saturated rings. The largest absolute Gasteiger partial charge is 0.303 e. The van der Waals surface area contributed by atoms with E-state index in [9.17, 15) is 4.21 Å². The van der Waals surface area contributed by atoms with Gasteiger partial charge in [0, 0.05) is 40.2 Å². The monoisotopic (exact) mass is 470 g/mol. The Morgan fingerprint density at radius 1 is 0.912 bits per heavy atom. The lowest BCUT2D eigenvalue weighted by atomic mass is 10.0. The molecule has 3 heterocycles. The molecule has 1 atom stereocenters. The Hall–Kier alpha value is -2.83. The first-order valence-corrected chi connectivity index (χ1v) is 13.6. The van der Waals surface area contributed by atoms with Crippen LogP contribution >= 0.6 is 0 Å². The third-order valence-electron chi connectivity index (χ3n) is 7.01. The van der Waals surface area contributed by atoms with Crippen molar-refractivity contribution in [2.24, 2.45) is 0 Å². The Balaban J connectivity index is 1.20. The van der Waals surface area contributed by atoms with Gasteiger partial charge in [0.25, 0.3) is 0 Å². The summed E-state index contributed by atoms with van der Waals surface area (Å²) in [6.07, 6.45) is 13.1. The highest BCUT2D eigenvalue weighted by molar-refractivity contribution is 7.86. The van der Waals surface area contributed by atoms with Crippen molar-refractivity contribution in [3.05, 3.63) is 72.7 Å². The van der Waals surface area contributed by atoms with Crippen molar-refractivity contribution in [2.45, 2.75) is 48.7 Å². The highest BCUT2D eigenvalue weighted by Crippen LogP contribution is 2.33. The molecule has 0 amide bonds. The van der Waals surface area contributed by atoms with Crippen LogP contribution in [0.2, 0.25) is 0 Å². The minimum Gasteiger partial charge on any atom is -0.303 e. The predicted molar refractivity (Wildman–Crippen MR) is 137 cm³/mol. The fourth-order valence-electron chi connectivity index (χ4n) is 4.82. The van der Waals surface area contributed by atoms with Gasteiger partial charge in [-0.25, -0.2) is 9.50 Å². The molecule has 1 saturated carbocycles. The lowest BCUT2D eigenvalue weighted by molar-refractivity contribution is 0.231. The van der Waals surface area contributed by atoms with Gasteiger partial charge in [-0.2, -0.15) is 5.10 Å². The van der Waals surface area contributed by atoms with E-state index in [0.29, 0.717) is 5.25 Å². The van der Waals surface area contributed by atoms with Crippen LogP contribution in [0.3, 0.4) is 0 Å². The molecule has 6 rings (SSSR count). The molecule has 2 aromatic heterocycles. The summed E-state index contributed by atoms with van der Waals surface area (Å²) in [5, 5.41) is 4.90. The van der Waals surface area contributed by atoms with E-state index in [1.165, 1.54) is 37.9 Å². The summed E-state index contributed by atoms with van der Waals surface area (Å²) in [7, 11) is -0.914. The minimum atomic E-state index is -0.914. The fraction of sp³-hybridized carbons (Fsp3) is 0.357. The summed E-state index contributed by atoms with van der Waals surface area (Å²) in [6.45, 7) is 3.65. The van der Waals surface area contributed by atoms with Crippen molar-refractivity contribution >= 4 is 16.4 Å². The maximum Gasteiger partial charge on any atom is 0.162 e. The summed E-state index contributed by atoms with van der Waals surface area (Å²) in [6, 6.07) is 16.9. The smallest absolute Gasteiger partial charge is 0.162 e. The minimum absolute atomic E-state index is 0.330. The summed E-state index contributed by atoms with van der Waals surface area (Å²) in [5.74, 6) is 0. The van der Waals surface area contributed by atoms with E-state index >= 15 is 0 Å². The van der Waals surface area contributed by atoms with E-state index in [2.05, 4.69) is 34.3 Å². The van der Waals surface area contributed by atoms with Crippen LogP contribution in [0.5, 0.6) is 0 Å². The maximum atomic E-state index is 12.6. The van der Waals surface area contributed by atoms with Crippen LogP contribution in [0.25, 0.3) is 27.9 Å². The lowest BCUT2D eigenvalue weighted by Crippen LogP contribution is -2.31. The molecular formula is C28H30N4OS. The topological polar surface area (TPSA) is 50.5 Å². The van der Waals surface area contributed by atoms with E-state index in [1.807, 2.05) is 47.4 Å². The van der Waals surface area contributed by atoms with Gasteiger partial charge in [-0.3, -0.25) is 4.21 Å². The molecule has 1 unspecified atom stereocenters. The van der Waals surface area contributed by atoms with Crippen LogP contribution < -0.4 is 0 Å². The molecule has 0 radical (unpaired) electrons. The van der Waals surface area contributed by atoms with Gasteiger partial charge in [-0.05, 0) is 74.0 Å². The summed E-state index contributed by atoms with van der Waals surface area (Å²) in [4.78, 5) is 8.24. The summed E-state index contributed by atoms with van der Waals surface area (Å²) < 4.78 is 14.5. The molecule has 174 valence electrons. The Labute approximate surface area is 203 Å². The van der Waals surface area contributed by atoms with Crippen LogP contribution in [0.4, 0.5) is 0 Å². The van der Waals surface area contributed by atoms with Gasteiger partial charge < -0.3 is 4.90 Å². The molecule has 4 aromatic rings. The first-order valence-electron chi connectivity index (χ1n) is 12.4. The average Bonchev–Trinajstić information content (AvgIpc) is 3.67. The second kappa shape index (κ2) is 9.43. The van der Waals surface area contributed by atoms with Crippen molar-refractivity contribution in [1.82, 2.24) is 19.5 Å². The standard InChI is InChI=1S/C28H30N4OS/c33-34(25-11-12-25)26-6-4-5-23(17-26)27-19-30-32-20-24(18-29-28(27)32)22-9-7-21(8-10-22)13-16-31-14-2-1-3-15-31/h4-10,17-20,25H,1-3,11-16H2. The summed E-state index contributed by atoms with van der Waals surface area (Å²) in [5.41, 5.74) is 6.38. The van der Waals surface area contributed by atoms with E-state index < -0.39 is 10.8 Å². The Bertz CT molecular complexity index is 1320. The zero-order valence-corrected chi connectivity index (χ0v) is 20.2. The Morgan fingerprint density at radius 2 is 1.74 bits per heavy atom. The number of likely N-dealkylation sites (tertiary alicyclic amines) is 1. The first kappa shape index (κ1) is 21.7. The molecule has 6 heteroatoms. The zero-order chi connectivity index (χ0) is 22.9. The lowest BCUT2D eigenvalue weighted by Gasteiger charge is -2.26. The molecule has 0 bridgehead atoms. The van der Waals surface area contributed by atoms with Gasteiger partial charge in [0.1, 0.15) is 0 Å². The number of fused-ring (bicyclic) bond motifs is 1. The van der Waals surface area contributed by atoms with Crippen molar-refractivity contribution in [3.63, 3.8) is 0 Å². The molecule has 1 saturated heterocycles. The Morgan fingerprint density at radius 3 is 2.53 bits per heavy atom. The molecule has 0 spiro atoms. The number of nitrogens with zero attached hydrogens (tertiary/aromatic N) is 4.